The van der Waals surface area contributed by atoms with Crippen molar-refractivity contribution < 1.29 is 0 Å². The molecule has 1 atom stereocenters. The molecule has 1 nitrogen and oxygen atoms in total. The summed E-state index contributed by atoms with van der Waals surface area (Å²) in [5, 5.41) is 4.65. The number of nitrogens with one attached hydrogen (secondary N) is 1. The van der Waals surface area contributed by atoms with E-state index in [1.165, 1.54) is 56.9 Å². The van der Waals surface area contributed by atoms with Crippen LogP contribution in [0.25, 0.3) is 0 Å². The third kappa shape index (κ3) is 7.54. The van der Waals surface area contributed by atoms with E-state index in [0.717, 1.165) is 6.42 Å². The normalized spacial score (nSPS) is 12.6. The molecule has 0 amide bonds. The smallest absolute Gasteiger partial charge is 0.0595 e. The van der Waals surface area contributed by atoms with E-state index in [0.29, 0.717) is 16.1 Å². The van der Waals surface area contributed by atoms with E-state index in [2.05, 4.69) is 18.3 Å². The molecule has 1 rings (SSSR count). The van der Waals surface area contributed by atoms with Crippen molar-refractivity contribution in [1.29, 1.82) is 0 Å². The summed E-state index contributed by atoms with van der Waals surface area (Å²) in [6.07, 6.45) is 12.0. The third-order valence-electron chi connectivity index (χ3n) is 4.04. The summed E-state index contributed by atoms with van der Waals surface area (Å²) < 4.78 is 0. The van der Waals surface area contributed by atoms with Gasteiger partial charge in [-0.25, -0.2) is 0 Å². The first kappa shape index (κ1) is 18.8. The first-order valence-electron chi connectivity index (χ1n) is 8.31. The number of rotatable bonds is 11. The summed E-state index contributed by atoms with van der Waals surface area (Å²) >= 11 is 12.1. The highest BCUT2D eigenvalue weighted by Crippen LogP contribution is 2.27. The molecule has 0 spiro atoms. The first-order valence-corrected chi connectivity index (χ1v) is 9.06. The number of halogens is 2. The van der Waals surface area contributed by atoms with Crippen molar-refractivity contribution >= 4 is 23.2 Å². The predicted molar refractivity (Wildman–Crippen MR) is 95.5 cm³/mol. The van der Waals surface area contributed by atoms with Crippen LogP contribution in [0.3, 0.4) is 0 Å². The molecule has 0 aliphatic heterocycles. The standard InChI is InChI=1S/C18H29Cl2N/c1-3-4-5-6-7-8-9-10-11-18(21-2)15-12-13-16(19)17(20)14-15/h12-14,18,21H,3-11H2,1-2H3. The Hall–Kier alpha value is -0.240. The summed E-state index contributed by atoms with van der Waals surface area (Å²) in [4.78, 5) is 0. The molecule has 0 saturated heterocycles. The molecule has 0 heterocycles. The van der Waals surface area contributed by atoms with Crippen LogP contribution in [0.15, 0.2) is 18.2 Å². The van der Waals surface area contributed by atoms with Crippen LogP contribution in [0.4, 0.5) is 0 Å². The molecule has 3 heteroatoms. The highest BCUT2D eigenvalue weighted by Gasteiger charge is 2.10. The van der Waals surface area contributed by atoms with Crippen LogP contribution in [-0.2, 0) is 0 Å². The van der Waals surface area contributed by atoms with Crippen LogP contribution in [0.2, 0.25) is 10.0 Å². The number of hydrogen-bond donors (Lipinski definition) is 1. The molecule has 1 unspecified atom stereocenters. The van der Waals surface area contributed by atoms with Crippen LogP contribution >= 0.6 is 23.2 Å². The Bertz CT molecular complexity index is 393. The molecule has 1 aromatic rings. The maximum Gasteiger partial charge on any atom is 0.0595 e. The maximum atomic E-state index is 6.10. The lowest BCUT2D eigenvalue weighted by molar-refractivity contribution is 0.494. The molecule has 1 N–H and O–H groups in total. The quantitative estimate of drug-likeness (QED) is 0.441. The van der Waals surface area contributed by atoms with Gasteiger partial charge in [0.2, 0.25) is 0 Å². The zero-order chi connectivity index (χ0) is 15.5. The van der Waals surface area contributed by atoms with E-state index in [4.69, 9.17) is 23.2 Å². The molecule has 0 radical (unpaired) electrons. The SMILES string of the molecule is CCCCCCCCCCC(NC)c1ccc(Cl)c(Cl)c1. The minimum Gasteiger partial charge on any atom is -0.313 e. The average Bonchev–Trinajstić information content (AvgIpc) is 2.49. The van der Waals surface area contributed by atoms with Crippen LogP contribution in [0, 0.1) is 0 Å². The van der Waals surface area contributed by atoms with Crippen LogP contribution < -0.4 is 5.32 Å². The number of benzene rings is 1. The lowest BCUT2D eigenvalue weighted by Crippen LogP contribution is -2.16. The molecule has 21 heavy (non-hydrogen) atoms. The zero-order valence-electron chi connectivity index (χ0n) is 13.4. The molecule has 0 aromatic heterocycles. The molecule has 0 aliphatic rings. The molecule has 0 bridgehead atoms. The largest absolute Gasteiger partial charge is 0.313 e. The van der Waals surface area contributed by atoms with Gasteiger partial charge in [0.05, 0.1) is 10.0 Å². The van der Waals surface area contributed by atoms with Crippen LogP contribution in [-0.4, -0.2) is 7.05 Å². The van der Waals surface area contributed by atoms with Crippen LogP contribution in [0.5, 0.6) is 0 Å². The van der Waals surface area contributed by atoms with E-state index in [9.17, 15) is 0 Å². The molecule has 0 fully saturated rings. The monoisotopic (exact) mass is 329 g/mol. The molecule has 1 aromatic carbocycles. The highest BCUT2D eigenvalue weighted by molar-refractivity contribution is 6.42. The summed E-state index contributed by atoms with van der Waals surface area (Å²) in [6, 6.07) is 6.31. The van der Waals surface area contributed by atoms with E-state index in [1.807, 2.05) is 19.2 Å². The number of hydrogen-bond acceptors (Lipinski definition) is 1. The van der Waals surface area contributed by atoms with Gasteiger partial charge < -0.3 is 5.32 Å². The first-order chi connectivity index (χ1) is 10.2. The Balaban J connectivity index is 2.23. The summed E-state index contributed by atoms with van der Waals surface area (Å²) in [7, 11) is 2.01. The van der Waals surface area contributed by atoms with E-state index in [-0.39, 0.29) is 0 Å². The zero-order valence-corrected chi connectivity index (χ0v) is 14.9. The fourth-order valence-electron chi connectivity index (χ4n) is 2.69. The molecular formula is C18H29Cl2N. The lowest BCUT2D eigenvalue weighted by Gasteiger charge is -2.17. The van der Waals surface area contributed by atoms with Gasteiger partial charge >= 0.3 is 0 Å². The summed E-state index contributed by atoms with van der Waals surface area (Å²) in [5.41, 5.74) is 1.23. The Labute approximate surface area is 140 Å². The topological polar surface area (TPSA) is 12.0 Å². The summed E-state index contributed by atoms with van der Waals surface area (Å²) in [6.45, 7) is 2.26. The van der Waals surface area contributed by atoms with Crippen molar-refractivity contribution in [2.24, 2.45) is 0 Å². The second kappa shape index (κ2) is 11.3. The highest BCUT2D eigenvalue weighted by atomic mass is 35.5. The molecule has 0 saturated carbocycles. The second-order valence-electron chi connectivity index (χ2n) is 5.78. The Morgan fingerprint density at radius 2 is 1.52 bits per heavy atom. The van der Waals surface area contributed by atoms with Gasteiger partial charge in [0, 0.05) is 6.04 Å². The van der Waals surface area contributed by atoms with Crippen molar-refractivity contribution in [3.8, 4) is 0 Å². The van der Waals surface area contributed by atoms with E-state index < -0.39 is 0 Å². The van der Waals surface area contributed by atoms with Crippen molar-refractivity contribution in [1.82, 2.24) is 5.32 Å². The van der Waals surface area contributed by atoms with Crippen molar-refractivity contribution in [2.75, 3.05) is 7.05 Å². The van der Waals surface area contributed by atoms with Crippen LogP contribution in [0.1, 0.15) is 76.3 Å². The van der Waals surface area contributed by atoms with Gasteiger partial charge in [0.25, 0.3) is 0 Å². The lowest BCUT2D eigenvalue weighted by atomic mass is 9.99. The molecule has 120 valence electrons. The van der Waals surface area contributed by atoms with Crippen molar-refractivity contribution in [3.05, 3.63) is 33.8 Å². The minimum absolute atomic E-state index is 0.375. The fourth-order valence-corrected chi connectivity index (χ4v) is 3.00. The van der Waals surface area contributed by atoms with Gasteiger partial charge in [0.15, 0.2) is 0 Å². The van der Waals surface area contributed by atoms with Gasteiger partial charge in [-0.2, -0.15) is 0 Å². The minimum atomic E-state index is 0.375. The van der Waals surface area contributed by atoms with Gasteiger partial charge in [-0.3, -0.25) is 0 Å². The number of unbranched alkanes of at least 4 members (excludes halogenated alkanes) is 7. The second-order valence-corrected chi connectivity index (χ2v) is 6.59. The predicted octanol–water partition coefficient (Wildman–Crippen LogP) is 6.78. The van der Waals surface area contributed by atoms with Crippen molar-refractivity contribution in [2.45, 2.75) is 70.8 Å². The van der Waals surface area contributed by atoms with Crippen molar-refractivity contribution in [3.63, 3.8) is 0 Å². The Morgan fingerprint density at radius 1 is 0.905 bits per heavy atom. The van der Waals surface area contributed by atoms with Gasteiger partial charge in [-0.05, 0) is 31.2 Å². The maximum absolute atomic E-state index is 6.10. The van der Waals surface area contributed by atoms with Gasteiger partial charge in [-0.15, -0.1) is 0 Å². The fraction of sp³-hybridized carbons (Fsp3) is 0.667. The Morgan fingerprint density at radius 3 is 2.10 bits per heavy atom. The van der Waals surface area contributed by atoms with E-state index in [1.54, 1.807) is 0 Å². The van der Waals surface area contributed by atoms with E-state index >= 15 is 0 Å². The van der Waals surface area contributed by atoms with Gasteiger partial charge in [0.1, 0.15) is 0 Å². The Kier molecular flexibility index (Phi) is 10.2. The third-order valence-corrected chi connectivity index (χ3v) is 4.78. The molecule has 0 aliphatic carbocycles. The molecular weight excluding hydrogens is 301 g/mol. The average molecular weight is 330 g/mol. The summed E-state index contributed by atoms with van der Waals surface area (Å²) in [5.74, 6) is 0. The van der Waals surface area contributed by atoms with Gasteiger partial charge in [-0.1, -0.05) is 87.6 Å².